The molecule has 2 aromatic rings. The molecule has 3 aliphatic rings. The summed E-state index contributed by atoms with van der Waals surface area (Å²) in [5.41, 5.74) is 7.70. The first-order valence-corrected chi connectivity index (χ1v) is 10.6. The molecule has 1 aromatic carbocycles. The number of nitrogens with zero attached hydrogens (tertiary/aromatic N) is 4. The Morgan fingerprint density at radius 2 is 1.96 bits per heavy atom. The van der Waals surface area contributed by atoms with Gasteiger partial charge in [0.1, 0.15) is 6.04 Å². The minimum absolute atomic E-state index is 0.105. The third kappa shape index (κ3) is 3.20. The van der Waals surface area contributed by atoms with Crippen LogP contribution in [0, 0.1) is 5.92 Å². The molecular weight excluding hydrogens is 360 g/mol. The van der Waals surface area contributed by atoms with Crippen molar-refractivity contribution < 1.29 is 4.79 Å². The van der Waals surface area contributed by atoms with Crippen molar-refractivity contribution >= 4 is 32.6 Å². The summed E-state index contributed by atoms with van der Waals surface area (Å²) in [6.45, 7) is 5.30. The molecule has 3 fully saturated rings. The smallest absolute Gasteiger partial charge is 0.241 e. The Kier molecular flexibility index (Phi) is 4.51. The van der Waals surface area contributed by atoms with E-state index in [0.29, 0.717) is 12.0 Å². The minimum atomic E-state index is -0.105. The van der Waals surface area contributed by atoms with Crippen LogP contribution in [0.1, 0.15) is 6.42 Å². The molecule has 1 aromatic heterocycles. The van der Waals surface area contributed by atoms with Crippen LogP contribution in [0.5, 0.6) is 0 Å². The zero-order chi connectivity index (χ0) is 18.4. The van der Waals surface area contributed by atoms with Crippen LogP contribution in [0.2, 0.25) is 0 Å². The van der Waals surface area contributed by atoms with Crippen molar-refractivity contribution in [2.45, 2.75) is 18.5 Å². The van der Waals surface area contributed by atoms with Crippen molar-refractivity contribution in [2.75, 3.05) is 51.2 Å². The summed E-state index contributed by atoms with van der Waals surface area (Å²) < 4.78 is 1.22. The first kappa shape index (κ1) is 17.4. The summed E-state index contributed by atoms with van der Waals surface area (Å²) in [6.07, 6.45) is 1.10. The van der Waals surface area contributed by atoms with E-state index >= 15 is 0 Å². The first-order valence-electron chi connectivity index (χ1n) is 9.78. The SMILES string of the molecule is CN1CCC2NNC(C(=O)N3CCN(c4nc5ccccc5s4)CC3)C2C1. The highest BCUT2D eigenvalue weighted by atomic mass is 32.1. The number of hydrogen-bond donors (Lipinski definition) is 2. The van der Waals surface area contributed by atoms with Crippen molar-refractivity contribution in [1.82, 2.24) is 25.6 Å². The molecule has 0 spiro atoms. The number of rotatable bonds is 2. The molecule has 0 radical (unpaired) electrons. The Morgan fingerprint density at radius 1 is 1.15 bits per heavy atom. The average Bonchev–Trinajstić information content (AvgIpc) is 3.31. The number of carbonyl (C=O) groups is 1. The molecule has 1 amide bonds. The van der Waals surface area contributed by atoms with Gasteiger partial charge < -0.3 is 14.7 Å². The van der Waals surface area contributed by atoms with E-state index in [1.54, 1.807) is 11.3 Å². The number of amides is 1. The number of hydrogen-bond acceptors (Lipinski definition) is 7. The maximum absolute atomic E-state index is 13.1. The topological polar surface area (TPSA) is 63.7 Å². The highest BCUT2D eigenvalue weighted by Gasteiger charge is 2.44. The van der Waals surface area contributed by atoms with Crippen LogP contribution in [0.3, 0.4) is 0 Å². The van der Waals surface area contributed by atoms with E-state index in [2.05, 4.69) is 45.9 Å². The Balaban J connectivity index is 1.23. The van der Waals surface area contributed by atoms with Crippen molar-refractivity contribution in [1.29, 1.82) is 0 Å². The molecule has 2 N–H and O–H groups in total. The Bertz CT molecular complexity index is 799. The fourth-order valence-electron chi connectivity index (χ4n) is 4.53. The molecule has 0 bridgehead atoms. The van der Waals surface area contributed by atoms with Gasteiger partial charge in [-0.2, -0.15) is 0 Å². The number of nitrogens with one attached hydrogen (secondary N) is 2. The second-order valence-electron chi connectivity index (χ2n) is 7.86. The Labute approximate surface area is 163 Å². The molecule has 0 saturated carbocycles. The summed E-state index contributed by atoms with van der Waals surface area (Å²) in [7, 11) is 2.15. The second-order valence-corrected chi connectivity index (χ2v) is 8.87. The fourth-order valence-corrected chi connectivity index (χ4v) is 5.54. The predicted octanol–water partition coefficient (Wildman–Crippen LogP) is 0.742. The number of piperazine rings is 1. The summed E-state index contributed by atoms with van der Waals surface area (Å²) >= 11 is 1.74. The number of thiazole rings is 1. The van der Waals surface area contributed by atoms with Crippen LogP contribution in [-0.2, 0) is 4.79 Å². The predicted molar refractivity (Wildman–Crippen MR) is 108 cm³/mol. The van der Waals surface area contributed by atoms with Crippen LogP contribution >= 0.6 is 11.3 Å². The molecule has 144 valence electrons. The molecule has 7 nitrogen and oxygen atoms in total. The molecule has 0 aliphatic carbocycles. The van der Waals surface area contributed by atoms with Gasteiger partial charge in [-0.3, -0.25) is 10.2 Å². The van der Waals surface area contributed by atoms with Crippen LogP contribution < -0.4 is 15.8 Å². The van der Waals surface area contributed by atoms with Crippen molar-refractivity contribution in [3.63, 3.8) is 0 Å². The van der Waals surface area contributed by atoms with Crippen LogP contribution in [0.25, 0.3) is 10.2 Å². The van der Waals surface area contributed by atoms with Gasteiger partial charge in [-0.1, -0.05) is 23.5 Å². The van der Waals surface area contributed by atoms with Crippen LogP contribution in [0.4, 0.5) is 5.13 Å². The number of para-hydroxylation sites is 1. The number of benzene rings is 1. The quantitative estimate of drug-likeness (QED) is 0.794. The van der Waals surface area contributed by atoms with Gasteiger partial charge in [0.15, 0.2) is 5.13 Å². The van der Waals surface area contributed by atoms with Gasteiger partial charge in [0.05, 0.1) is 10.2 Å². The average molecular weight is 387 g/mol. The van der Waals surface area contributed by atoms with Gasteiger partial charge in [0.25, 0.3) is 0 Å². The third-order valence-electron chi connectivity index (χ3n) is 6.12. The number of likely N-dealkylation sites (tertiary alicyclic amines) is 1. The van der Waals surface area contributed by atoms with E-state index in [9.17, 15) is 4.79 Å². The largest absolute Gasteiger partial charge is 0.345 e. The third-order valence-corrected chi connectivity index (χ3v) is 7.22. The molecular formula is C19H26N6OS. The van der Waals surface area contributed by atoms with E-state index in [1.165, 1.54) is 4.70 Å². The molecule has 8 heteroatoms. The van der Waals surface area contributed by atoms with E-state index in [0.717, 1.165) is 56.3 Å². The monoisotopic (exact) mass is 386 g/mol. The summed E-state index contributed by atoms with van der Waals surface area (Å²) in [4.78, 5) is 24.6. The Hall–Kier alpha value is -1.74. The van der Waals surface area contributed by atoms with E-state index in [1.807, 2.05) is 11.0 Å². The minimum Gasteiger partial charge on any atom is -0.345 e. The number of fused-ring (bicyclic) bond motifs is 2. The van der Waals surface area contributed by atoms with Crippen LogP contribution in [-0.4, -0.2) is 79.1 Å². The van der Waals surface area contributed by atoms with Gasteiger partial charge in [-0.05, 0) is 32.1 Å². The number of hydrazine groups is 1. The molecule has 3 saturated heterocycles. The number of aromatic nitrogens is 1. The maximum atomic E-state index is 13.1. The summed E-state index contributed by atoms with van der Waals surface area (Å²) in [6, 6.07) is 8.57. The number of anilines is 1. The second kappa shape index (κ2) is 7.01. The van der Waals surface area contributed by atoms with Gasteiger partial charge in [0.2, 0.25) is 5.91 Å². The zero-order valence-electron chi connectivity index (χ0n) is 15.6. The lowest BCUT2D eigenvalue weighted by atomic mass is 9.88. The molecule has 4 heterocycles. The van der Waals surface area contributed by atoms with E-state index in [-0.39, 0.29) is 11.9 Å². The fraction of sp³-hybridized carbons (Fsp3) is 0.579. The Morgan fingerprint density at radius 3 is 2.78 bits per heavy atom. The van der Waals surface area contributed by atoms with Gasteiger partial charge in [0, 0.05) is 44.7 Å². The highest BCUT2D eigenvalue weighted by Crippen LogP contribution is 2.30. The molecule has 5 rings (SSSR count). The lowest BCUT2D eigenvalue weighted by molar-refractivity contribution is -0.134. The lowest BCUT2D eigenvalue weighted by Crippen LogP contribution is -2.56. The van der Waals surface area contributed by atoms with E-state index in [4.69, 9.17) is 4.98 Å². The molecule has 3 unspecified atom stereocenters. The van der Waals surface area contributed by atoms with Gasteiger partial charge in [-0.25, -0.2) is 10.4 Å². The number of piperidine rings is 1. The van der Waals surface area contributed by atoms with Crippen LogP contribution in [0.15, 0.2) is 24.3 Å². The standard InChI is InChI=1S/C19H26N6OS/c1-23-7-6-14-13(12-23)17(22-21-14)18(26)24-8-10-25(11-9-24)19-20-15-4-2-3-5-16(15)27-19/h2-5,13-14,17,21-22H,6-12H2,1H3. The van der Waals surface area contributed by atoms with Crippen molar-refractivity contribution in [3.8, 4) is 0 Å². The normalized spacial score (nSPS) is 29.3. The van der Waals surface area contributed by atoms with Gasteiger partial charge in [-0.15, -0.1) is 0 Å². The number of carbonyl (C=O) groups excluding carboxylic acids is 1. The summed E-state index contributed by atoms with van der Waals surface area (Å²) in [5.74, 6) is 0.604. The first-order chi connectivity index (χ1) is 13.2. The molecule has 27 heavy (non-hydrogen) atoms. The highest BCUT2D eigenvalue weighted by molar-refractivity contribution is 7.22. The molecule has 3 aliphatic heterocycles. The lowest BCUT2D eigenvalue weighted by Gasteiger charge is -2.38. The van der Waals surface area contributed by atoms with Gasteiger partial charge >= 0.3 is 0 Å². The van der Waals surface area contributed by atoms with Crippen molar-refractivity contribution in [3.05, 3.63) is 24.3 Å². The maximum Gasteiger partial charge on any atom is 0.241 e. The van der Waals surface area contributed by atoms with Crippen molar-refractivity contribution in [2.24, 2.45) is 5.92 Å². The van der Waals surface area contributed by atoms with E-state index < -0.39 is 0 Å². The zero-order valence-corrected chi connectivity index (χ0v) is 16.4. The summed E-state index contributed by atoms with van der Waals surface area (Å²) in [5, 5.41) is 1.07. The molecule has 3 atom stereocenters.